The maximum absolute atomic E-state index is 5.81. The molecule has 0 bridgehead atoms. The first-order valence-electron chi connectivity index (χ1n) is 4.40. The Kier molecular flexibility index (Phi) is 2.81. The van der Waals surface area contributed by atoms with Crippen molar-refractivity contribution in [1.82, 2.24) is 10.2 Å². The van der Waals surface area contributed by atoms with Gasteiger partial charge in [0.2, 0.25) is 5.88 Å². The van der Waals surface area contributed by atoms with Crippen LogP contribution in [0.15, 0.2) is 24.3 Å². The summed E-state index contributed by atoms with van der Waals surface area (Å²) in [5.74, 6) is 1.15. The van der Waals surface area contributed by atoms with Crippen molar-refractivity contribution in [2.24, 2.45) is 0 Å². The molecule has 1 aromatic heterocycles. The molecule has 0 fully saturated rings. The quantitative estimate of drug-likeness (QED) is 0.661. The molecule has 0 saturated heterocycles. The molecule has 0 atom stereocenters. The lowest BCUT2D eigenvalue weighted by Crippen LogP contribution is -1.92. The summed E-state index contributed by atoms with van der Waals surface area (Å²) >= 11 is 2.20. The molecule has 78 valence electrons. The number of aromatic amines is 1. The van der Waals surface area contributed by atoms with Crippen molar-refractivity contribution in [2.45, 2.75) is 6.92 Å². The number of nitrogens with one attached hydrogen (secondary N) is 1. The molecule has 0 amide bonds. The summed E-state index contributed by atoms with van der Waals surface area (Å²) in [6.45, 7) is 1.91. The standard InChI is InChI=1S/C10H10IN3O/c1-6-4-10(14-13-6)15-9-3-2-7(11)5-8(9)12/h2-5H,12H2,1H3,(H,13,14). The number of hydrogen-bond acceptors (Lipinski definition) is 3. The number of aryl methyl sites for hydroxylation is 1. The van der Waals surface area contributed by atoms with E-state index in [1.165, 1.54) is 0 Å². The molecule has 2 aromatic rings. The monoisotopic (exact) mass is 315 g/mol. The SMILES string of the molecule is Cc1cc(Oc2ccc(I)cc2N)n[nH]1. The van der Waals surface area contributed by atoms with Crippen molar-refractivity contribution in [1.29, 1.82) is 0 Å². The Hall–Kier alpha value is -1.24. The van der Waals surface area contributed by atoms with Crippen molar-refractivity contribution >= 4 is 28.3 Å². The van der Waals surface area contributed by atoms with Crippen molar-refractivity contribution in [3.8, 4) is 11.6 Å². The van der Waals surface area contributed by atoms with Crippen LogP contribution in [0, 0.1) is 10.5 Å². The third kappa shape index (κ3) is 2.41. The lowest BCUT2D eigenvalue weighted by Gasteiger charge is -2.05. The van der Waals surface area contributed by atoms with Gasteiger partial charge in [0.25, 0.3) is 0 Å². The molecular formula is C10H10IN3O. The van der Waals surface area contributed by atoms with Crippen LogP contribution in [0.5, 0.6) is 11.6 Å². The van der Waals surface area contributed by atoms with Crippen molar-refractivity contribution < 1.29 is 4.74 Å². The van der Waals surface area contributed by atoms with Crippen LogP contribution in [-0.4, -0.2) is 10.2 Å². The zero-order chi connectivity index (χ0) is 10.8. The Balaban J connectivity index is 2.24. The molecule has 15 heavy (non-hydrogen) atoms. The second kappa shape index (κ2) is 4.09. The van der Waals surface area contributed by atoms with Gasteiger partial charge in [-0.15, -0.1) is 5.10 Å². The zero-order valence-corrected chi connectivity index (χ0v) is 10.3. The Morgan fingerprint density at radius 3 is 2.80 bits per heavy atom. The van der Waals surface area contributed by atoms with Gasteiger partial charge in [-0.2, -0.15) is 0 Å². The van der Waals surface area contributed by atoms with Gasteiger partial charge in [-0.25, -0.2) is 0 Å². The maximum Gasteiger partial charge on any atom is 0.238 e. The highest BCUT2D eigenvalue weighted by Crippen LogP contribution is 2.27. The number of halogens is 1. The number of ether oxygens (including phenoxy) is 1. The highest BCUT2D eigenvalue weighted by atomic mass is 127. The number of hydrogen-bond donors (Lipinski definition) is 2. The number of nitrogens with zero attached hydrogens (tertiary/aromatic N) is 1. The molecule has 0 aliphatic rings. The Bertz CT molecular complexity index is 481. The molecule has 0 aliphatic carbocycles. The molecule has 0 aliphatic heterocycles. The van der Waals surface area contributed by atoms with Gasteiger partial charge >= 0.3 is 0 Å². The van der Waals surface area contributed by atoms with Gasteiger partial charge in [-0.05, 0) is 47.7 Å². The van der Waals surface area contributed by atoms with Gasteiger partial charge in [-0.3, -0.25) is 5.10 Å². The van der Waals surface area contributed by atoms with Gasteiger partial charge < -0.3 is 10.5 Å². The molecule has 4 nitrogen and oxygen atoms in total. The van der Waals surface area contributed by atoms with Crippen molar-refractivity contribution in [2.75, 3.05) is 5.73 Å². The molecule has 0 spiro atoms. The van der Waals surface area contributed by atoms with Crippen LogP contribution in [0.1, 0.15) is 5.69 Å². The minimum absolute atomic E-state index is 0.528. The van der Waals surface area contributed by atoms with Crippen molar-refractivity contribution in [3.63, 3.8) is 0 Å². The van der Waals surface area contributed by atoms with E-state index < -0.39 is 0 Å². The first kappa shape index (κ1) is 10.3. The first-order valence-corrected chi connectivity index (χ1v) is 5.48. The molecule has 2 rings (SSSR count). The number of benzene rings is 1. The summed E-state index contributed by atoms with van der Waals surface area (Å²) in [6.07, 6.45) is 0. The second-order valence-electron chi connectivity index (χ2n) is 3.17. The Morgan fingerprint density at radius 1 is 1.40 bits per heavy atom. The van der Waals surface area contributed by atoms with E-state index in [2.05, 4.69) is 32.8 Å². The van der Waals surface area contributed by atoms with E-state index in [0.29, 0.717) is 17.3 Å². The highest BCUT2D eigenvalue weighted by Gasteiger charge is 2.04. The van der Waals surface area contributed by atoms with Crippen molar-refractivity contribution in [3.05, 3.63) is 33.5 Å². The van der Waals surface area contributed by atoms with Crippen LogP contribution >= 0.6 is 22.6 Å². The predicted octanol–water partition coefficient (Wildman–Crippen LogP) is 2.70. The largest absolute Gasteiger partial charge is 0.435 e. The molecule has 1 aromatic carbocycles. The second-order valence-corrected chi connectivity index (χ2v) is 4.42. The summed E-state index contributed by atoms with van der Waals surface area (Å²) in [6, 6.07) is 7.44. The topological polar surface area (TPSA) is 63.9 Å². The van der Waals surface area contributed by atoms with E-state index in [9.17, 15) is 0 Å². The summed E-state index contributed by atoms with van der Waals surface area (Å²) in [4.78, 5) is 0. The normalized spacial score (nSPS) is 10.3. The molecule has 0 saturated carbocycles. The highest BCUT2D eigenvalue weighted by molar-refractivity contribution is 14.1. The molecular weight excluding hydrogens is 305 g/mol. The molecule has 3 N–H and O–H groups in total. The van der Waals surface area contributed by atoms with E-state index >= 15 is 0 Å². The van der Waals surface area contributed by atoms with Gasteiger partial charge in [0, 0.05) is 15.3 Å². The van der Waals surface area contributed by atoms with Crippen LogP contribution in [0.3, 0.4) is 0 Å². The Morgan fingerprint density at radius 2 is 2.20 bits per heavy atom. The molecule has 1 heterocycles. The van der Waals surface area contributed by atoms with Gasteiger partial charge in [0.05, 0.1) is 5.69 Å². The summed E-state index contributed by atoms with van der Waals surface area (Å²) in [5.41, 5.74) is 7.37. The predicted molar refractivity (Wildman–Crippen MR) is 67.0 cm³/mol. The van der Waals surface area contributed by atoms with Crippen LogP contribution < -0.4 is 10.5 Å². The van der Waals surface area contributed by atoms with E-state index in [0.717, 1.165) is 9.26 Å². The van der Waals surface area contributed by atoms with E-state index in [1.807, 2.05) is 31.2 Å². The van der Waals surface area contributed by atoms with Gasteiger partial charge in [0.15, 0.2) is 5.75 Å². The Labute approximate surface area is 101 Å². The van der Waals surface area contributed by atoms with Crippen LogP contribution in [0.4, 0.5) is 5.69 Å². The van der Waals surface area contributed by atoms with Crippen LogP contribution in [-0.2, 0) is 0 Å². The fourth-order valence-electron chi connectivity index (χ4n) is 1.17. The third-order valence-electron chi connectivity index (χ3n) is 1.87. The summed E-state index contributed by atoms with van der Waals surface area (Å²) in [7, 11) is 0. The lowest BCUT2D eigenvalue weighted by atomic mass is 10.3. The average Bonchev–Trinajstić information content (AvgIpc) is 2.56. The lowest BCUT2D eigenvalue weighted by molar-refractivity contribution is 0.464. The first-order chi connectivity index (χ1) is 7.15. The minimum atomic E-state index is 0.528. The smallest absolute Gasteiger partial charge is 0.238 e. The number of H-pyrrole nitrogens is 1. The van der Waals surface area contributed by atoms with Crippen LogP contribution in [0.25, 0.3) is 0 Å². The van der Waals surface area contributed by atoms with E-state index in [4.69, 9.17) is 10.5 Å². The number of nitrogen functional groups attached to an aromatic ring is 1. The van der Waals surface area contributed by atoms with Gasteiger partial charge in [0.1, 0.15) is 0 Å². The number of nitrogens with two attached hydrogens (primary N) is 1. The summed E-state index contributed by atoms with van der Waals surface area (Å²) in [5, 5.41) is 6.77. The average molecular weight is 315 g/mol. The zero-order valence-electron chi connectivity index (χ0n) is 8.12. The fraction of sp³-hybridized carbons (Fsp3) is 0.100. The number of rotatable bonds is 2. The molecule has 0 radical (unpaired) electrons. The minimum Gasteiger partial charge on any atom is -0.435 e. The maximum atomic E-state index is 5.81. The summed E-state index contributed by atoms with van der Waals surface area (Å²) < 4.78 is 6.59. The molecule has 5 heteroatoms. The fourth-order valence-corrected chi connectivity index (χ4v) is 1.69. The van der Waals surface area contributed by atoms with Gasteiger partial charge in [-0.1, -0.05) is 0 Å². The van der Waals surface area contributed by atoms with E-state index in [-0.39, 0.29) is 0 Å². The number of anilines is 1. The van der Waals surface area contributed by atoms with E-state index in [1.54, 1.807) is 0 Å². The van der Waals surface area contributed by atoms with Crippen LogP contribution in [0.2, 0.25) is 0 Å². The molecule has 0 unspecified atom stereocenters. The third-order valence-corrected chi connectivity index (χ3v) is 2.54. The number of aromatic nitrogens is 2.